The number of rotatable bonds is 6. The van der Waals surface area contributed by atoms with E-state index in [4.69, 9.17) is 9.16 Å². The fourth-order valence-corrected chi connectivity index (χ4v) is 3.71. The number of benzene rings is 2. The van der Waals surface area contributed by atoms with Crippen LogP contribution in [0.5, 0.6) is 5.75 Å². The predicted octanol–water partition coefficient (Wildman–Crippen LogP) is 6.01. The van der Waals surface area contributed by atoms with Gasteiger partial charge in [-0.05, 0) is 55.4 Å². The summed E-state index contributed by atoms with van der Waals surface area (Å²) in [6, 6.07) is 17.1. The molecule has 1 heterocycles. The van der Waals surface area contributed by atoms with Gasteiger partial charge in [-0.15, -0.1) is 0 Å². The van der Waals surface area contributed by atoms with E-state index in [2.05, 4.69) is 38.4 Å². The molecule has 5 heteroatoms. The SMILES string of the molecule is C=C(CO[Si](C)(C)C)CC1c2ccccc2C=CN1C(=O)Oc1ccccc1. The summed E-state index contributed by atoms with van der Waals surface area (Å²) in [7, 11) is -1.63. The van der Waals surface area contributed by atoms with Gasteiger partial charge in [0.1, 0.15) is 5.75 Å². The second-order valence-corrected chi connectivity index (χ2v) is 12.4. The zero-order chi connectivity index (χ0) is 20.1. The zero-order valence-electron chi connectivity index (χ0n) is 16.7. The Kier molecular flexibility index (Phi) is 6.17. The highest BCUT2D eigenvalue weighted by atomic mass is 28.4. The number of carbonyl (C=O) groups excluding carboxylic acids is 1. The van der Waals surface area contributed by atoms with Gasteiger partial charge in [-0.2, -0.15) is 0 Å². The van der Waals surface area contributed by atoms with Crippen LogP contribution in [-0.4, -0.2) is 25.9 Å². The Labute approximate surface area is 168 Å². The molecule has 2 aromatic carbocycles. The molecule has 0 radical (unpaired) electrons. The van der Waals surface area contributed by atoms with Gasteiger partial charge in [0.2, 0.25) is 0 Å². The van der Waals surface area contributed by atoms with Gasteiger partial charge in [-0.1, -0.05) is 54.6 Å². The molecule has 0 fully saturated rings. The standard InChI is InChI=1S/C23H27NO3Si/c1-18(17-26-28(2,3)4)16-22-21-13-9-8-10-19(21)14-15-24(22)23(25)27-20-11-6-5-7-12-20/h5-15,22H,1,16-17H2,2-4H3. The van der Waals surface area contributed by atoms with Crippen LogP contribution in [0.15, 0.2) is 72.9 Å². The molecular weight excluding hydrogens is 366 g/mol. The van der Waals surface area contributed by atoms with E-state index < -0.39 is 14.4 Å². The first-order chi connectivity index (χ1) is 13.3. The van der Waals surface area contributed by atoms with Crippen LogP contribution in [0.4, 0.5) is 4.79 Å². The van der Waals surface area contributed by atoms with Gasteiger partial charge in [0.05, 0.1) is 12.6 Å². The number of ether oxygens (including phenoxy) is 1. The molecule has 0 saturated carbocycles. The summed E-state index contributed by atoms with van der Waals surface area (Å²) in [5, 5.41) is 0. The highest BCUT2D eigenvalue weighted by Gasteiger charge is 2.30. The third-order valence-electron chi connectivity index (χ3n) is 4.46. The Morgan fingerprint density at radius 1 is 1.07 bits per heavy atom. The molecule has 3 rings (SSSR count). The number of carbonyl (C=O) groups is 1. The summed E-state index contributed by atoms with van der Waals surface area (Å²) >= 11 is 0. The monoisotopic (exact) mass is 393 g/mol. The van der Waals surface area contributed by atoms with E-state index in [1.807, 2.05) is 36.4 Å². The van der Waals surface area contributed by atoms with E-state index in [9.17, 15) is 4.79 Å². The largest absolute Gasteiger partial charge is 0.419 e. The molecule has 2 aromatic rings. The molecule has 0 aliphatic carbocycles. The molecule has 0 spiro atoms. The topological polar surface area (TPSA) is 38.8 Å². The Bertz CT molecular complexity index is 871. The van der Waals surface area contributed by atoms with Gasteiger partial charge < -0.3 is 9.16 Å². The van der Waals surface area contributed by atoms with Crippen LogP contribution in [0.25, 0.3) is 6.08 Å². The number of hydrogen-bond acceptors (Lipinski definition) is 3. The van der Waals surface area contributed by atoms with Crippen LogP contribution in [0.1, 0.15) is 23.6 Å². The Morgan fingerprint density at radius 2 is 1.75 bits per heavy atom. The van der Waals surface area contributed by atoms with E-state index in [1.165, 1.54) is 0 Å². The van der Waals surface area contributed by atoms with Crippen molar-refractivity contribution in [3.05, 3.63) is 84.1 Å². The van der Waals surface area contributed by atoms with Crippen molar-refractivity contribution in [1.29, 1.82) is 0 Å². The van der Waals surface area contributed by atoms with Crippen LogP contribution in [0.3, 0.4) is 0 Å². The third kappa shape index (κ3) is 5.21. The molecule has 1 unspecified atom stereocenters. The summed E-state index contributed by atoms with van der Waals surface area (Å²) in [6.07, 6.45) is 3.96. The van der Waals surface area contributed by atoms with Gasteiger partial charge in [0, 0.05) is 6.20 Å². The number of para-hydroxylation sites is 1. The third-order valence-corrected chi connectivity index (χ3v) is 5.47. The summed E-state index contributed by atoms with van der Waals surface area (Å²) in [5.41, 5.74) is 3.16. The maximum atomic E-state index is 12.9. The number of amides is 1. The van der Waals surface area contributed by atoms with Crippen LogP contribution < -0.4 is 4.74 Å². The fourth-order valence-electron chi connectivity index (χ4n) is 3.07. The average Bonchev–Trinajstić information content (AvgIpc) is 2.67. The van der Waals surface area contributed by atoms with E-state index in [0.717, 1.165) is 16.7 Å². The molecule has 1 aliphatic rings. The van der Waals surface area contributed by atoms with Crippen LogP contribution in [-0.2, 0) is 4.43 Å². The van der Waals surface area contributed by atoms with Crippen molar-refractivity contribution in [1.82, 2.24) is 4.90 Å². The van der Waals surface area contributed by atoms with Crippen molar-refractivity contribution in [2.45, 2.75) is 32.1 Å². The summed E-state index contributed by atoms with van der Waals surface area (Å²) in [6.45, 7) is 11.2. The van der Waals surface area contributed by atoms with E-state index in [-0.39, 0.29) is 6.04 Å². The van der Waals surface area contributed by atoms with Gasteiger partial charge in [-0.3, -0.25) is 4.90 Å². The Hall–Kier alpha value is -2.63. The first kappa shape index (κ1) is 20.1. The van der Waals surface area contributed by atoms with Crippen molar-refractivity contribution >= 4 is 20.5 Å². The second kappa shape index (κ2) is 8.58. The molecule has 146 valence electrons. The fraction of sp³-hybridized carbons (Fsp3) is 0.261. The van der Waals surface area contributed by atoms with Gasteiger partial charge in [0.25, 0.3) is 0 Å². The summed E-state index contributed by atoms with van der Waals surface area (Å²) in [4.78, 5) is 14.5. The molecule has 0 aromatic heterocycles. The molecule has 0 saturated heterocycles. The molecule has 1 atom stereocenters. The highest BCUT2D eigenvalue weighted by Crippen LogP contribution is 2.35. The van der Waals surface area contributed by atoms with Crippen molar-refractivity contribution in [2.75, 3.05) is 6.61 Å². The van der Waals surface area contributed by atoms with Crippen molar-refractivity contribution < 1.29 is 14.0 Å². The van der Waals surface area contributed by atoms with Crippen LogP contribution >= 0.6 is 0 Å². The summed E-state index contributed by atoms with van der Waals surface area (Å²) in [5.74, 6) is 0.527. The lowest BCUT2D eigenvalue weighted by Crippen LogP contribution is -2.35. The molecular formula is C23H27NO3Si. The van der Waals surface area contributed by atoms with E-state index >= 15 is 0 Å². The summed E-state index contributed by atoms with van der Waals surface area (Å²) < 4.78 is 11.6. The highest BCUT2D eigenvalue weighted by molar-refractivity contribution is 6.69. The lowest BCUT2D eigenvalue weighted by atomic mass is 9.92. The zero-order valence-corrected chi connectivity index (χ0v) is 17.7. The van der Waals surface area contributed by atoms with Crippen molar-refractivity contribution in [3.63, 3.8) is 0 Å². The molecule has 1 amide bonds. The van der Waals surface area contributed by atoms with Crippen LogP contribution in [0, 0.1) is 0 Å². The minimum Gasteiger partial charge on any atom is -0.414 e. The normalized spacial score (nSPS) is 15.8. The lowest BCUT2D eigenvalue weighted by molar-refractivity contribution is 0.153. The molecule has 0 bridgehead atoms. The first-order valence-electron chi connectivity index (χ1n) is 9.46. The predicted molar refractivity (Wildman–Crippen MR) is 116 cm³/mol. The molecule has 0 N–H and O–H groups in total. The molecule has 1 aliphatic heterocycles. The number of hydrogen-bond donors (Lipinski definition) is 0. The van der Waals surface area contributed by atoms with E-state index in [0.29, 0.717) is 18.8 Å². The quantitative estimate of drug-likeness (QED) is 0.445. The van der Waals surface area contributed by atoms with E-state index in [1.54, 1.807) is 23.2 Å². The average molecular weight is 394 g/mol. The number of fused-ring (bicyclic) bond motifs is 1. The van der Waals surface area contributed by atoms with Crippen LogP contribution in [0.2, 0.25) is 19.6 Å². The second-order valence-electron chi connectivity index (χ2n) is 7.90. The Morgan fingerprint density at radius 3 is 2.46 bits per heavy atom. The van der Waals surface area contributed by atoms with Gasteiger partial charge in [-0.25, -0.2) is 4.79 Å². The lowest BCUT2D eigenvalue weighted by Gasteiger charge is -2.33. The Balaban J connectivity index is 1.80. The maximum Gasteiger partial charge on any atom is 0.419 e. The smallest absolute Gasteiger partial charge is 0.414 e. The van der Waals surface area contributed by atoms with Gasteiger partial charge >= 0.3 is 6.09 Å². The maximum absolute atomic E-state index is 12.9. The number of nitrogens with zero attached hydrogens (tertiary/aromatic N) is 1. The molecule has 28 heavy (non-hydrogen) atoms. The first-order valence-corrected chi connectivity index (χ1v) is 12.9. The minimum atomic E-state index is -1.63. The minimum absolute atomic E-state index is 0.171. The van der Waals surface area contributed by atoms with Gasteiger partial charge in [0.15, 0.2) is 8.32 Å². The van der Waals surface area contributed by atoms with Crippen molar-refractivity contribution in [2.24, 2.45) is 0 Å². The van der Waals surface area contributed by atoms with Crippen molar-refractivity contribution in [3.8, 4) is 5.75 Å². The molecule has 4 nitrogen and oxygen atoms in total.